The van der Waals surface area contributed by atoms with Gasteiger partial charge in [-0.2, -0.15) is 0 Å². The van der Waals surface area contributed by atoms with Crippen molar-refractivity contribution in [3.8, 4) is 22.3 Å². The summed E-state index contributed by atoms with van der Waals surface area (Å²) < 4.78 is 0. The average Bonchev–Trinajstić information content (AvgIpc) is 3.47. The van der Waals surface area contributed by atoms with Crippen molar-refractivity contribution in [3.05, 3.63) is 130 Å². The van der Waals surface area contributed by atoms with Crippen molar-refractivity contribution >= 4 is 46.4 Å². The molecule has 0 unspecified atom stereocenters. The lowest BCUT2D eigenvalue weighted by atomic mass is 9.97. The van der Waals surface area contributed by atoms with Crippen LogP contribution in [0.3, 0.4) is 0 Å². The number of nitrogens with zero attached hydrogens (tertiary/aromatic N) is 2. The van der Waals surface area contributed by atoms with Crippen molar-refractivity contribution in [2.75, 3.05) is 21.3 Å². The Morgan fingerprint density at radius 3 is 1.11 bits per heavy atom. The van der Waals surface area contributed by atoms with Crippen LogP contribution in [-0.4, -0.2) is 23.6 Å². The Hall–Kier alpha value is -6.02. The quantitative estimate of drug-likeness (QED) is 0.160. The number of nitrogen functional groups attached to an aromatic ring is 2. The zero-order valence-electron chi connectivity index (χ0n) is 25.3. The van der Waals surface area contributed by atoms with E-state index in [4.69, 9.17) is 11.5 Å². The number of hydrogen-bond donors (Lipinski definition) is 2. The Bertz CT molecular complexity index is 1960. The molecule has 4 amide bonds. The van der Waals surface area contributed by atoms with Gasteiger partial charge in [-0.1, -0.05) is 50.2 Å². The molecular formula is C38H30N4O4. The van der Waals surface area contributed by atoms with E-state index in [0.29, 0.717) is 57.8 Å². The summed E-state index contributed by atoms with van der Waals surface area (Å²) in [6, 6.07) is 28.4. The summed E-state index contributed by atoms with van der Waals surface area (Å²) in [5.41, 5.74) is 19.9. The number of fused-ring (bicyclic) bond motifs is 2. The maximum Gasteiger partial charge on any atom is 0.266 e. The molecule has 8 nitrogen and oxygen atoms in total. The van der Waals surface area contributed by atoms with Gasteiger partial charge in [0.15, 0.2) is 0 Å². The molecule has 46 heavy (non-hydrogen) atoms. The molecule has 5 aromatic rings. The van der Waals surface area contributed by atoms with Gasteiger partial charge in [0.25, 0.3) is 23.6 Å². The summed E-state index contributed by atoms with van der Waals surface area (Å²) in [6.45, 7) is 3.86. The van der Waals surface area contributed by atoms with Crippen LogP contribution in [0.2, 0.25) is 0 Å². The van der Waals surface area contributed by atoms with E-state index in [1.165, 1.54) is 9.80 Å². The monoisotopic (exact) mass is 606 g/mol. The first-order valence-electron chi connectivity index (χ1n) is 15.1. The second kappa shape index (κ2) is 10.9. The summed E-state index contributed by atoms with van der Waals surface area (Å²) in [6.07, 6.45) is 0.946. The van der Waals surface area contributed by atoms with Gasteiger partial charge in [-0.15, -0.1) is 0 Å². The third-order valence-corrected chi connectivity index (χ3v) is 8.83. The highest BCUT2D eigenvalue weighted by Crippen LogP contribution is 2.40. The third-order valence-electron chi connectivity index (χ3n) is 8.83. The first-order chi connectivity index (χ1) is 22.2. The number of nitrogens with two attached hydrogens (primary N) is 2. The molecule has 5 aromatic carbocycles. The minimum absolute atomic E-state index is 0.320. The molecular weight excluding hydrogens is 576 g/mol. The van der Waals surface area contributed by atoms with E-state index in [2.05, 4.69) is 0 Å². The van der Waals surface area contributed by atoms with Gasteiger partial charge < -0.3 is 11.5 Å². The largest absolute Gasteiger partial charge is 0.399 e. The normalized spacial score (nSPS) is 13.9. The number of benzene rings is 5. The molecule has 0 saturated carbocycles. The number of imide groups is 2. The summed E-state index contributed by atoms with van der Waals surface area (Å²) in [5.74, 6) is -1.66. The van der Waals surface area contributed by atoms with Crippen LogP contribution in [0.25, 0.3) is 22.3 Å². The topological polar surface area (TPSA) is 127 Å². The molecule has 0 bridgehead atoms. The number of rotatable bonds is 6. The molecule has 7 rings (SSSR count). The van der Waals surface area contributed by atoms with Gasteiger partial charge in [-0.3, -0.25) is 19.2 Å². The van der Waals surface area contributed by atoms with Crippen molar-refractivity contribution in [2.45, 2.75) is 26.7 Å². The molecule has 0 spiro atoms. The first kappa shape index (κ1) is 28.7. The van der Waals surface area contributed by atoms with E-state index in [1.54, 1.807) is 60.7 Å². The van der Waals surface area contributed by atoms with Crippen LogP contribution in [0.4, 0.5) is 22.7 Å². The van der Waals surface area contributed by atoms with Crippen LogP contribution in [0.5, 0.6) is 0 Å². The highest BCUT2D eigenvalue weighted by molar-refractivity contribution is 6.36. The standard InChI is InChI=1S/C38H30N4O4/c1-3-27-28(4-2)34(42-36(44)30-16-10-24(20-32(30)38(42)46)22-7-13-26(40)14-8-22)18-17-33(27)41-35(43)29-15-9-23(19-31(29)37(41)45)21-5-11-25(39)12-6-21/h5-20H,3-4,39-40H2,1-2H3. The van der Waals surface area contributed by atoms with E-state index in [9.17, 15) is 19.2 Å². The van der Waals surface area contributed by atoms with Crippen LogP contribution >= 0.6 is 0 Å². The first-order valence-corrected chi connectivity index (χ1v) is 15.1. The van der Waals surface area contributed by atoms with Crippen molar-refractivity contribution in [1.29, 1.82) is 0 Å². The fraction of sp³-hybridized carbons (Fsp3) is 0.105. The minimum atomic E-state index is -0.419. The Morgan fingerprint density at radius 2 is 0.761 bits per heavy atom. The summed E-state index contributed by atoms with van der Waals surface area (Å²) in [4.78, 5) is 57.5. The van der Waals surface area contributed by atoms with Crippen molar-refractivity contribution < 1.29 is 19.2 Å². The van der Waals surface area contributed by atoms with E-state index >= 15 is 0 Å². The molecule has 0 saturated heterocycles. The third kappa shape index (κ3) is 4.37. The van der Waals surface area contributed by atoms with Crippen molar-refractivity contribution in [3.63, 3.8) is 0 Å². The Kier molecular flexibility index (Phi) is 6.78. The smallest absolute Gasteiger partial charge is 0.266 e. The Labute approximate surface area is 265 Å². The number of hydrogen-bond acceptors (Lipinski definition) is 6. The lowest BCUT2D eigenvalue weighted by Gasteiger charge is -2.25. The number of amides is 4. The average molecular weight is 607 g/mol. The zero-order chi connectivity index (χ0) is 32.3. The zero-order valence-corrected chi connectivity index (χ0v) is 25.3. The molecule has 2 aliphatic rings. The van der Waals surface area contributed by atoms with Crippen LogP contribution in [0.1, 0.15) is 66.4 Å². The summed E-state index contributed by atoms with van der Waals surface area (Å²) in [7, 11) is 0. The predicted octanol–water partition coefficient (Wildman–Crippen LogP) is 6.91. The molecule has 0 aromatic heterocycles. The molecule has 0 fully saturated rings. The van der Waals surface area contributed by atoms with Gasteiger partial charge in [0.05, 0.1) is 33.6 Å². The number of anilines is 4. The van der Waals surface area contributed by atoms with E-state index in [1.807, 2.05) is 50.2 Å². The Balaban J connectivity index is 1.25. The second-order valence-electron chi connectivity index (χ2n) is 11.4. The Morgan fingerprint density at radius 1 is 0.435 bits per heavy atom. The van der Waals surface area contributed by atoms with Gasteiger partial charge in [0, 0.05) is 11.4 Å². The van der Waals surface area contributed by atoms with E-state index in [-0.39, 0.29) is 0 Å². The van der Waals surface area contributed by atoms with Gasteiger partial charge in [0.1, 0.15) is 0 Å². The molecule has 0 aliphatic carbocycles. The van der Waals surface area contributed by atoms with Crippen LogP contribution in [0.15, 0.2) is 97.1 Å². The summed E-state index contributed by atoms with van der Waals surface area (Å²) in [5, 5.41) is 0. The molecule has 4 N–H and O–H groups in total. The SMILES string of the molecule is CCc1c(N2C(=O)c3ccc(-c4ccc(N)cc4)cc3C2=O)ccc(N2C(=O)c3ccc(-c4ccc(N)cc4)cc3C2=O)c1CC. The van der Waals surface area contributed by atoms with Crippen molar-refractivity contribution in [1.82, 2.24) is 0 Å². The van der Waals surface area contributed by atoms with Crippen LogP contribution in [0, 0.1) is 0 Å². The lowest BCUT2D eigenvalue weighted by molar-refractivity contribution is 0.0909. The maximum absolute atomic E-state index is 13.8. The van der Waals surface area contributed by atoms with Gasteiger partial charge >= 0.3 is 0 Å². The molecule has 226 valence electrons. The second-order valence-corrected chi connectivity index (χ2v) is 11.4. The summed E-state index contributed by atoms with van der Waals surface area (Å²) >= 11 is 0. The van der Waals surface area contributed by atoms with Crippen LogP contribution in [-0.2, 0) is 12.8 Å². The highest BCUT2D eigenvalue weighted by atomic mass is 16.2. The van der Waals surface area contributed by atoms with Gasteiger partial charge in [-0.05, 0) is 107 Å². The molecule has 0 atom stereocenters. The van der Waals surface area contributed by atoms with E-state index in [0.717, 1.165) is 33.4 Å². The molecule has 0 radical (unpaired) electrons. The molecule has 8 heteroatoms. The minimum Gasteiger partial charge on any atom is -0.399 e. The van der Waals surface area contributed by atoms with Crippen LogP contribution < -0.4 is 21.3 Å². The van der Waals surface area contributed by atoms with Gasteiger partial charge in [0.2, 0.25) is 0 Å². The van der Waals surface area contributed by atoms with Crippen molar-refractivity contribution in [2.24, 2.45) is 0 Å². The maximum atomic E-state index is 13.8. The number of carbonyl (C=O) groups is 4. The van der Waals surface area contributed by atoms with Gasteiger partial charge in [-0.25, -0.2) is 9.80 Å². The van der Waals surface area contributed by atoms with E-state index < -0.39 is 23.6 Å². The molecule has 2 heterocycles. The fourth-order valence-corrected chi connectivity index (χ4v) is 6.51. The number of carbonyl (C=O) groups excluding carboxylic acids is 4. The predicted molar refractivity (Wildman–Crippen MR) is 180 cm³/mol. The fourth-order valence-electron chi connectivity index (χ4n) is 6.51. The highest BCUT2D eigenvalue weighted by Gasteiger charge is 2.41. The molecule has 2 aliphatic heterocycles. The lowest BCUT2D eigenvalue weighted by Crippen LogP contribution is -2.33.